The molecule has 14 N–H and O–H groups in total. The number of carbonyl (C=O) groups excluding carboxylic acids is 8. The Morgan fingerprint density at radius 3 is 2.06 bits per heavy atom. The third kappa shape index (κ3) is 16.3. The molecular weight excluding hydrogens is 1160 g/mol. The molecule has 5 aliphatic rings. The molecule has 0 spiro atoms. The first-order chi connectivity index (χ1) is 40.5. The molecule has 13 unspecified atom stereocenters. The summed E-state index contributed by atoms with van der Waals surface area (Å²) in [6.07, 6.45) is -11.5. The van der Waals surface area contributed by atoms with Crippen molar-refractivity contribution in [2.24, 2.45) is 11.7 Å². The second kappa shape index (κ2) is 30.1. The molecule has 8 amide bonds. The van der Waals surface area contributed by atoms with E-state index in [0.717, 1.165) is 73.6 Å². The van der Waals surface area contributed by atoms with Crippen LogP contribution >= 0.6 is 12.3 Å². The first-order valence-corrected chi connectivity index (χ1v) is 28.4. The molecule has 0 aromatic heterocycles. The Kier molecular flexibility index (Phi) is 23.6. The van der Waals surface area contributed by atoms with E-state index >= 15 is 0 Å². The van der Waals surface area contributed by atoms with Gasteiger partial charge in [0, 0.05) is 88.3 Å². The maximum absolute atomic E-state index is 14.7. The molecule has 4 aliphatic heterocycles. The Morgan fingerprint density at radius 2 is 1.42 bits per heavy atom. The minimum Gasteiger partial charge on any atom is -0.691 e. The van der Waals surface area contributed by atoms with Gasteiger partial charge in [-0.1, -0.05) is 37.3 Å². The number of phenolic OH excluding ortho intramolecular Hbond substituents is 1. The molecule has 1 aliphatic carbocycles. The zero-order valence-corrected chi connectivity index (χ0v) is 50.2. The number of primary amides is 1. The summed E-state index contributed by atoms with van der Waals surface area (Å²) in [5.41, 5.74) is 9.15. The predicted octanol–water partition coefficient (Wildman–Crippen LogP) is -8.33. The quantitative estimate of drug-likeness (QED) is 0.0221. The Bertz CT molecular complexity index is 2900. The molecule has 29 nitrogen and oxygen atoms in total. The summed E-state index contributed by atoms with van der Waals surface area (Å²) < 4.78 is 9.15. The molecule has 0 saturated carbocycles. The number of rotatable bonds is 15. The van der Waals surface area contributed by atoms with Crippen molar-refractivity contribution in [2.45, 2.75) is 131 Å². The zero-order valence-electron chi connectivity index (χ0n) is 47.4. The van der Waals surface area contributed by atoms with E-state index in [1.807, 2.05) is 0 Å². The topological polar surface area (TPSA) is 428 Å². The van der Waals surface area contributed by atoms with Gasteiger partial charge in [-0.25, -0.2) is 0 Å². The SMILES string of the molecule is CC(O)C1NC(=O)C(NC(=O)c2ccc(N3CCN(C4Cc5ccccc5C4)CC3)cc2)CC(O)CNC(=O)C2C(O)C(C)CN2C(=O)C(C(O)CC(N)=O)NC(=O)C(C(O)Cc2ccc(O)c(OSOO[O-])c2)NC(=O)C2CC(O)CN2C1=O.[Na+]. The van der Waals surface area contributed by atoms with Crippen molar-refractivity contribution in [3.8, 4) is 11.5 Å². The summed E-state index contributed by atoms with van der Waals surface area (Å²) >= 11 is 0.000851. The Hall–Kier alpha value is -6.23. The Balaban J connectivity index is 0.0000106. The van der Waals surface area contributed by atoms with Crippen molar-refractivity contribution in [2.75, 3.05) is 50.7 Å². The maximum atomic E-state index is 14.7. The number of amides is 8. The van der Waals surface area contributed by atoms with Gasteiger partial charge in [-0.2, -0.15) is 0 Å². The van der Waals surface area contributed by atoms with Crippen LogP contribution in [-0.2, 0) is 62.2 Å². The predicted molar refractivity (Wildman–Crippen MR) is 295 cm³/mol. The third-order valence-corrected chi connectivity index (χ3v) is 16.5. The second-order valence-corrected chi connectivity index (χ2v) is 22.6. The van der Waals surface area contributed by atoms with Gasteiger partial charge < -0.3 is 92.2 Å². The number of nitrogens with zero attached hydrogens (tertiary/aromatic N) is 4. The summed E-state index contributed by atoms with van der Waals surface area (Å²) in [5, 5.41) is 104. The van der Waals surface area contributed by atoms with Crippen molar-refractivity contribution in [3.63, 3.8) is 0 Å². The van der Waals surface area contributed by atoms with E-state index in [-0.39, 0.29) is 58.8 Å². The summed E-state index contributed by atoms with van der Waals surface area (Å²) in [6.45, 7) is 4.05. The van der Waals surface area contributed by atoms with Crippen LogP contribution in [0.1, 0.15) is 60.2 Å². The van der Waals surface area contributed by atoms with Crippen molar-refractivity contribution in [1.29, 1.82) is 0 Å². The van der Waals surface area contributed by atoms with Crippen LogP contribution in [-0.4, -0.2) is 222 Å². The van der Waals surface area contributed by atoms with Crippen LogP contribution in [0.25, 0.3) is 0 Å². The molecule has 3 aromatic rings. The smallest absolute Gasteiger partial charge is 0.691 e. The number of hydrogen-bond donors (Lipinski definition) is 13. The monoisotopic (exact) mass is 1230 g/mol. The van der Waals surface area contributed by atoms with Gasteiger partial charge in [0.15, 0.2) is 11.5 Å². The summed E-state index contributed by atoms with van der Waals surface area (Å²) in [5.74, 6) is -10.9. The molecule has 4 saturated heterocycles. The number of aliphatic hydroxyl groups excluding tert-OH is 6. The molecule has 8 rings (SSSR count). The van der Waals surface area contributed by atoms with Gasteiger partial charge in [0.1, 0.15) is 36.3 Å². The molecule has 13 atom stereocenters. The fourth-order valence-electron chi connectivity index (χ4n) is 11.6. The fraction of sp³-hybridized carbons (Fsp3) is 0.527. The first kappa shape index (κ1) is 67.3. The zero-order chi connectivity index (χ0) is 61.4. The van der Waals surface area contributed by atoms with Crippen LogP contribution in [0.4, 0.5) is 5.69 Å². The maximum Gasteiger partial charge on any atom is 1.00 e. The number of carbonyl (C=O) groups is 8. The number of phenols is 1. The number of benzene rings is 3. The molecule has 86 heavy (non-hydrogen) atoms. The molecule has 31 heteroatoms. The molecule has 462 valence electrons. The number of hydrogen-bond acceptors (Lipinski definition) is 22. The van der Waals surface area contributed by atoms with Crippen molar-refractivity contribution in [1.82, 2.24) is 41.3 Å². The largest absolute Gasteiger partial charge is 1.00 e. The molecular formula is C55H71N10NaO19S. The minimum atomic E-state index is -2.21. The average molecular weight is 1230 g/mol. The van der Waals surface area contributed by atoms with Crippen molar-refractivity contribution >= 4 is 65.3 Å². The van der Waals surface area contributed by atoms with E-state index in [1.165, 1.54) is 24.1 Å². The van der Waals surface area contributed by atoms with Crippen LogP contribution in [0.5, 0.6) is 11.5 Å². The first-order valence-electron chi connectivity index (χ1n) is 27.8. The number of β-amino-alcohol motifs (C(OH)–C–C–N with tert-alkyl or cyclic N) is 1. The van der Waals surface area contributed by atoms with Crippen LogP contribution in [0, 0.1) is 5.92 Å². The minimum absolute atomic E-state index is 0. The van der Waals surface area contributed by atoms with Gasteiger partial charge in [0.05, 0.1) is 43.0 Å². The fourth-order valence-corrected chi connectivity index (χ4v) is 11.9. The van der Waals surface area contributed by atoms with E-state index in [9.17, 15) is 79.4 Å². The number of piperazine rings is 1. The number of fused-ring (bicyclic) bond motifs is 3. The normalized spacial score (nSPS) is 27.6. The van der Waals surface area contributed by atoms with Crippen molar-refractivity contribution in [3.05, 3.63) is 89.0 Å². The molecule has 0 radical (unpaired) electrons. The third-order valence-electron chi connectivity index (χ3n) is 16.2. The molecule has 3 aromatic carbocycles. The summed E-state index contributed by atoms with van der Waals surface area (Å²) in [7, 11) is 0. The molecule has 4 heterocycles. The van der Waals surface area contributed by atoms with Gasteiger partial charge in [-0.05, 0) is 72.9 Å². The van der Waals surface area contributed by atoms with Gasteiger partial charge >= 0.3 is 29.6 Å². The van der Waals surface area contributed by atoms with E-state index in [1.54, 1.807) is 24.3 Å². The van der Waals surface area contributed by atoms with Gasteiger partial charge in [0.25, 0.3) is 18.2 Å². The van der Waals surface area contributed by atoms with Crippen LogP contribution in [0.2, 0.25) is 0 Å². The van der Waals surface area contributed by atoms with Crippen molar-refractivity contribution < 1.29 is 122 Å². The standard InChI is InChI=1S/C55H72N10O19S.Na/c1-27-25-65-47(48(27)73)53(78)57-24-35(67)21-37(58-49(74)30-8-10-33(11-9-30)62-13-15-63(16-14-62)34-19-31-5-3-4-6-32(31)20-34)50(75)59-44(28(2)66)54(79)64-26-36(68)22-38(64)51(76)60-45(52(77)61-46(55(65)80)41(71)23-43(56)72)40(70)17-29-7-12-39(69)42(18-29)82-85-84-83-81;/h3-12,18,27-28,34-38,40-41,44-48,66-71,73,81H,13-17,19-26H2,1-2H3,(H2,56,72)(H,57,78)(H,58,74)(H,59,75)(H,60,76)(H,61,77);/q;+1/p-1. The van der Waals surface area contributed by atoms with Crippen LogP contribution in [0.15, 0.2) is 66.7 Å². The van der Waals surface area contributed by atoms with E-state index < -0.39 is 177 Å². The van der Waals surface area contributed by atoms with Crippen LogP contribution in [0.3, 0.4) is 0 Å². The van der Waals surface area contributed by atoms with E-state index in [4.69, 9.17) is 9.92 Å². The number of aliphatic hydroxyl groups is 6. The Labute approximate surface area is 520 Å². The van der Waals surface area contributed by atoms with Gasteiger partial charge in [-0.15, -0.1) is 4.33 Å². The van der Waals surface area contributed by atoms with E-state index in [2.05, 4.69) is 70.0 Å². The van der Waals surface area contributed by atoms with E-state index in [0.29, 0.717) is 6.04 Å². The number of aromatic hydroxyl groups is 1. The van der Waals surface area contributed by atoms with Crippen LogP contribution < -0.4 is 76.2 Å². The summed E-state index contributed by atoms with van der Waals surface area (Å²) in [4.78, 5) is 120. The average Bonchev–Trinajstić information content (AvgIpc) is 2.37. The summed E-state index contributed by atoms with van der Waals surface area (Å²) in [6, 6.07) is 7.39. The second-order valence-electron chi connectivity index (χ2n) is 22.2. The number of anilines is 1. The molecule has 0 bridgehead atoms. The molecule has 4 fully saturated rings. The van der Waals surface area contributed by atoms with Gasteiger partial charge in [0.2, 0.25) is 41.4 Å². The number of nitrogens with two attached hydrogens (primary N) is 1. The Morgan fingerprint density at radius 1 is 0.779 bits per heavy atom. The number of nitrogens with one attached hydrogen (secondary N) is 5. The van der Waals surface area contributed by atoms with Gasteiger partial charge in [-0.3, -0.25) is 48.3 Å².